The number of carbonyl (C=O) groups is 2. The summed E-state index contributed by atoms with van der Waals surface area (Å²) in [6.45, 7) is 1.63. The highest BCUT2D eigenvalue weighted by atomic mass is 32.1. The van der Waals surface area contributed by atoms with Gasteiger partial charge in [-0.3, -0.25) is 4.79 Å². The predicted molar refractivity (Wildman–Crippen MR) is 98.4 cm³/mol. The molecular formula is C20H21NO3S. The topological polar surface area (TPSA) is 46.6 Å². The number of hydrogen-bond donors (Lipinski definition) is 0. The van der Waals surface area contributed by atoms with E-state index in [-0.39, 0.29) is 12.2 Å². The van der Waals surface area contributed by atoms with Crippen molar-refractivity contribution in [3.8, 4) is 0 Å². The van der Waals surface area contributed by atoms with Crippen LogP contribution in [-0.2, 0) is 16.1 Å². The Kier molecular flexibility index (Phi) is 5.66. The zero-order valence-corrected chi connectivity index (χ0v) is 15.1. The van der Waals surface area contributed by atoms with E-state index in [1.54, 1.807) is 6.07 Å². The van der Waals surface area contributed by atoms with E-state index in [0.717, 1.165) is 31.6 Å². The summed E-state index contributed by atoms with van der Waals surface area (Å²) in [6, 6.07) is 13.8. The molecule has 0 aliphatic carbocycles. The molecule has 0 radical (unpaired) electrons. The van der Waals surface area contributed by atoms with Crippen molar-refractivity contribution in [2.24, 2.45) is 0 Å². The van der Waals surface area contributed by atoms with Crippen molar-refractivity contribution >= 4 is 23.1 Å². The lowest BCUT2D eigenvalue weighted by atomic mass is 10.0. The van der Waals surface area contributed by atoms with E-state index in [9.17, 15) is 9.59 Å². The minimum Gasteiger partial charge on any atom is -0.466 e. The van der Waals surface area contributed by atoms with E-state index in [1.165, 1.54) is 24.0 Å². The van der Waals surface area contributed by atoms with Crippen LogP contribution >= 0.6 is 11.3 Å². The zero-order valence-electron chi connectivity index (χ0n) is 14.2. The number of rotatable bonds is 6. The number of methoxy groups -OCH3 is 1. The largest absolute Gasteiger partial charge is 0.466 e. The third kappa shape index (κ3) is 4.17. The Bertz CT molecular complexity index is 766. The molecule has 2 heterocycles. The molecule has 3 rings (SSSR count). The standard InChI is InChI=1S/C20H21NO3S/c1-24-20(23)16(13-18(22)19-10-6-12-25-19)17-9-5-11-21(17)14-15-7-3-2-4-8-15/h2-4,6-8,10,12H,5,9,11,13-14H2,1H3/b17-16+. The van der Waals surface area contributed by atoms with Crippen molar-refractivity contribution in [1.29, 1.82) is 0 Å². The van der Waals surface area contributed by atoms with Gasteiger partial charge in [-0.15, -0.1) is 11.3 Å². The van der Waals surface area contributed by atoms with E-state index in [4.69, 9.17) is 4.74 Å². The van der Waals surface area contributed by atoms with Crippen molar-refractivity contribution < 1.29 is 14.3 Å². The van der Waals surface area contributed by atoms with Crippen molar-refractivity contribution in [1.82, 2.24) is 4.90 Å². The van der Waals surface area contributed by atoms with Gasteiger partial charge in [-0.1, -0.05) is 36.4 Å². The first-order chi connectivity index (χ1) is 12.2. The summed E-state index contributed by atoms with van der Waals surface area (Å²) in [7, 11) is 1.37. The third-order valence-electron chi connectivity index (χ3n) is 4.35. The second-order valence-electron chi connectivity index (χ2n) is 6.00. The molecule has 2 aromatic rings. The lowest BCUT2D eigenvalue weighted by molar-refractivity contribution is -0.136. The first-order valence-electron chi connectivity index (χ1n) is 8.35. The molecule has 4 nitrogen and oxygen atoms in total. The number of hydrogen-bond acceptors (Lipinski definition) is 5. The number of Topliss-reactive ketones (excluding diaryl/α,β-unsaturated/α-hetero) is 1. The number of nitrogens with zero attached hydrogens (tertiary/aromatic N) is 1. The predicted octanol–water partition coefficient (Wildman–Crippen LogP) is 4.04. The average Bonchev–Trinajstić information content (AvgIpc) is 3.32. The van der Waals surface area contributed by atoms with Crippen LogP contribution in [0.3, 0.4) is 0 Å². The number of esters is 1. The SMILES string of the molecule is COC(=O)/C(CC(=O)c1cccs1)=C1\CCCN1Cc1ccccc1. The Morgan fingerprint density at radius 2 is 1.96 bits per heavy atom. The number of allylic oxidation sites excluding steroid dienone is 1. The smallest absolute Gasteiger partial charge is 0.335 e. The van der Waals surface area contributed by atoms with Gasteiger partial charge in [-0.25, -0.2) is 4.79 Å². The van der Waals surface area contributed by atoms with E-state index in [0.29, 0.717) is 10.5 Å². The molecule has 5 heteroatoms. The van der Waals surface area contributed by atoms with E-state index in [2.05, 4.69) is 17.0 Å². The van der Waals surface area contributed by atoms with Gasteiger partial charge in [-0.05, 0) is 29.9 Å². The van der Waals surface area contributed by atoms with Crippen LogP contribution in [-0.4, -0.2) is 30.3 Å². The van der Waals surface area contributed by atoms with Gasteiger partial charge < -0.3 is 9.64 Å². The maximum Gasteiger partial charge on any atom is 0.335 e. The Hall–Kier alpha value is -2.40. The van der Waals surface area contributed by atoms with Crippen LogP contribution in [0, 0.1) is 0 Å². The molecule has 0 bridgehead atoms. The van der Waals surface area contributed by atoms with Crippen LogP contribution in [0.5, 0.6) is 0 Å². The monoisotopic (exact) mass is 355 g/mol. The second kappa shape index (κ2) is 8.12. The molecule has 1 aromatic carbocycles. The normalized spacial score (nSPS) is 16.0. The van der Waals surface area contributed by atoms with E-state index < -0.39 is 5.97 Å². The van der Waals surface area contributed by atoms with Gasteiger partial charge in [0.15, 0.2) is 5.78 Å². The van der Waals surface area contributed by atoms with Gasteiger partial charge in [0.2, 0.25) is 0 Å². The highest BCUT2D eigenvalue weighted by Crippen LogP contribution is 2.29. The Balaban J connectivity index is 1.86. The molecule has 130 valence electrons. The second-order valence-corrected chi connectivity index (χ2v) is 6.95. The molecule has 0 N–H and O–H groups in total. The van der Waals surface area contributed by atoms with Gasteiger partial charge in [0.05, 0.1) is 17.6 Å². The number of likely N-dealkylation sites (tertiary alicyclic amines) is 1. The summed E-state index contributed by atoms with van der Waals surface area (Å²) in [6.07, 6.45) is 1.87. The molecule has 0 saturated carbocycles. The molecule has 0 spiro atoms. The molecule has 25 heavy (non-hydrogen) atoms. The maximum absolute atomic E-state index is 12.5. The summed E-state index contributed by atoms with van der Waals surface area (Å²) < 4.78 is 4.97. The number of carbonyl (C=O) groups excluding carboxylic acids is 2. The van der Waals surface area contributed by atoms with Gasteiger partial charge in [0.25, 0.3) is 0 Å². The molecule has 1 aromatic heterocycles. The molecular weight excluding hydrogens is 334 g/mol. The molecule has 0 atom stereocenters. The molecule has 1 saturated heterocycles. The number of ether oxygens (including phenoxy) is 1. The number of thiophene rings is 1. The van der Waals surface area contributed by atoms with Gasteiger partial charge >= 0.3 is 5.97 Å². The first kappa shape index (κ1) is 17.4. The van der Waals surface area contributed by atoms with E-state index in [1.807, 2.05) is 29.6 Å². The molecule has 1 aliphatic heterocycles. The van der Waals surface area contributed by atoms with Crippen molar-refractivity contribution in [3.05, 3.63) is 69.6 Å². The maximum atomic E-state index is 12.5. The molecule has 1 aliphatic rings. The lowest BCUT2D eigenvalue weighted by Gasteiger charge is -2.22. The van der Waals surface area contributed by atoms with Gasteiger partial charge in [0, 0.05) is 25.2 Å². The summed E-state index contributed by atoms with van der Waals surface area (Å²) in [5.41, 5.74) is 2.63. The summed E-state index contributed by atoms with van der Waals surface area (Å²) in [5.74, 6) is -0.436. The summed E-state index contributed by atoms with van der Waals surface area (Å²) in [5, 5.41) is 1.87. The summed E-state index contributed by atoms with van der Waals surface area (Å²) >= 11 is 1.40. The Morgan fingerprint density at radius 1 is 1.16 bits per heavy atom. The molecule has 0 unspecified atom stereocenters. The third-order valence-corrected chi connectivity index (χ3v) is 5.26. The minimum absolute atomic E-state index is 0.0329. The van der Waals surface area contributed by atoms with E-state index >= 15 is 0 Å². The van der Waals surface area contributed by atoms with Gasteiger partial charge in [-0.2, -0.15) is 0 Å². The average molecular weight is 355 g/mol. The highest BCUT2D eigenvalue weighted by Gasteiger charge is 2.27. The fourth-order valence-corrected chi connectivity index (χ4v) is 3.82. The Morgan fingerprint density at radius 3 is 2.64 bits per heavy atom. The van der Waals surface area contributed by atoms with Crippen LogP contribution in [0.2, 0.25) is 0 Å². The molecule has 1 fully saturated rings. The molecule has 0 amide bonds. The summed E-state index contributed by atoms with van der Waals surface area (Å²) in [4.78, 5) is 27.7. The van der Waals surface area contributed by atoms with Crippen LogP contribution in [0.4, 0.5) is 0 Å². The minimum atomic E-state index is -0.403. The van der Waals surface area contributed by atoms with Gasteiger partial charge in [0.1, 0.15) is 0 Å². The lowest BCUT2D eigenvalue weighted by Crippen LogP contribution is -2.22. The fraction of sp³-hybridized carbons (Fsp3) is 0.300. The highest BCUT2D eigenvalue weighted by molar-refractivity contribution is 7.12. The first-order valence-corrected chi connectivity index (χ1v) is 9.23. The van der Waals surface area contributed by atoms with Crippen molar-refractivity contribution in [2.45, 2.75) is 25.8 Å². The number of benzene rings is 1. The van der Waals surface area contributed by atoms with Crippen LogP contribution in [0.1, 0.15) is 34.5 Å². The Labute approximate surface area is 151 Å². The van der Waals surface area contributed by atoms with Crippen LogP contribution < -0.4 is 0 Å². The fourth-order valence-electron chi connectivity index (χ4n) is 3.15. The quantitative estimate of drug-likeness (QED) is 0.446. The zero-order chi connectivity index (χ0) is 17.6. The van der Waals surface area contributed by atoms with Crippen molar-refractivity contribution in [2.75, 3.05) is 13.7 Å². The van der Waals surface area contributed by atoms with Crippen LogP contribution in [0.25, 0.3) is 0 Å². The van der Waals surface area contributed by atoms with Crippen molar-refractivity contribution in [3.63, 3.8) is 0 Å². The van der Waals surface area contributed by atoms with Crippen LogP contribution in [0.15, 0.2) is 59.1 Å². The number of ketones is 1.